The van der Waals surface area contributed by atoms with E-state index in [9.17, 15) is 9.59 Å². The van der Waals surface area contributed by atoms with Crippen molar-refractivity contribution in [2.24, 2.45) is 0 Å². The van der Waals surface area contributed by atoms with Crippen molar-refractivity contribution < 1.29 is 14.3 Å². The monoisotopic (exact) mass is 358 g/mol. The molecule has 3 amide bonds. The molecule has 0 aliphatic carbocycles. The molecule has 0 spiro atoms. The van der Waals surface area contributed by atoms with Crippen LogP contribution >= 0.6 is 0 Å². The number of carbonyl (C=O) groups is 2. The van der Waals surface area contributed by atoms with Crippen LogP contribution in [0.3, 0.4) is 0 Å². The Hall–Kier alpha value is -3.10. The normalized spacial score (nSPS) is 13.9. The van der Waals surface area contributed by atoms with Crippen LogP contribution in [0.25, 0.3) is 0 Å². The first-order chi connectivity index (χ1) is 12.5. The van der Waals surface area contributed by atoms with Crippen LogP contribution in [-0.4, -0.2) is 71.0 Å². The molecule has 1 N–H and O–H groups in total. The van der Waals surface area contributed by atoms with E-state index >= 15 is 0 Å². The van der Waals surface area contributed by atoms with Crippen LogP contribution in [0, 0.1) is 0 Å². The molecule has 26 heavy (non-hydrogen) atoms. The lowest BCUT2D eigenvalue weighted by molar-refractivity contribution is 0.0821. The average molecular weight is 358 g/mol. The summed E-state index contributed by atoms with van der Waals surface area (Å²) >= 11 is 0. The van der Waals surface area contributed by atoms with Crippen LogP contribution in [0.5, 0.6) is 5.75 Å². The van der Waals surface area contributed by atoms with Crippen LogP contribution in [0.1, 0.15) is 22.1 Å². The summed E-state index contributed by atoms with van der Waals surface area (Å²) in [4.78, 5) is 27.2. The molecule has 0 unspecified atom stereocenters. The highest BCUT2D eigenvalue weighted by Crippen LogP contribution is 2.20. The minimum absolute atomic E-state index is 0.0398. The number of aromatic nitrogens is 3. The Kier molecular flexibility index (Phi) is 5.06. The van der Waals surface area contributed by atoms with Crippen LogP contribution in [-0.2, 0) is 6.54 Å². The number of benzene rings is 1. The van der Waals surface area contributed by atoms with E-state index in [0.717, 1.165) is 11.3 Å². The van der Waals surface area contributed by atoms with Gasteiger partial charge in [-0.1, -0.05) is 17.3 Å². The predicted molar refractivity (Wildman–Crippen MR) is 93.9 cm³/mol. The molecule has 0 atom stereocenters. The Labute approximate surface area is 151 Å². The van der Waals surface area contributed by atoms with Gasteiger partial charge in [-0.05, 0) is 17.7 Å². The first kappa shape index (κ1) is 17.7. The summed E-state index contributed by atoms with van der Waals surface area (Å²) in [5.74, 6) is 0.593. The summed E-state index contributed by atoms with van der Waals surface area (Å²) in [5.41, 5.74) is 1.30. The zero-order chi connectivity index (χ0) is 18.7. The quantitative estimate of drug-likeness (QED) is 0.852. The second-order valence-electron chi connectivity index (χ2n) is 6.35. The second kappa shape index (κ2) is 7.42. The number of nitrogens with one attached hydrogen (secondary N) is 1. The number of ether oxygens (including phenoxy) is 1. The summed E-state index contributed by atoms with van der Waals surface area (Å²) in [6.45, 7) is 1.52. The third kappa shape index (κ3) is 3.76. The van der Waals surface area contributed by atoms with Gasteiger partial charge in [0.2, 0.25) is 0 Å². The lowest BCUT2D eigenvalue weighted by Gasteiger charge is -2.38. The fourth-order valence-corrected chi connectivity index (χ4v) is 2.60. The maximum absolute atomic E-state index is 12.2. The van der Waals surface area contributed by atoms with E-state index in [1.54, 1.807) is 37.0 Å². The number of rotatable bonds is 5. The maximum Gasteiger partial charge on any atom is 0.317 e. The highest BCUT2D eigenvalue weighted by molar-refractivity contribution is 5.91. The van der Waals surface area contributed by atoms with Crippen molar-refractivity contribution in [1.82, 2.24) is 30.1 Å². The van der Waals surface area contributed by atoms with Gasteiger partial charge in [0, 0.05) is 33.7 Å². The zero-order valence-corrected chi connectivity index (χ0v) is 15.0. The lowest BCUT2D eigenvalue weighted by atomic mass is 10.1. The van der Waals surface area contributed by atoms with Crippen molar-refractivity contribution in [3.63, 3.8) is 0 Å². The van der Waals surface area contributed by atoms with Crippen LogP contribution in [0.2, 0.25) is 0 Å². The third-order valence-electron chi connectivity index (χ3n) is 4.26. The number of methoxy groups -OCH3 is 1. The second-order valence-corrected chi connectivity index (χ2v) is 6.35. The molecule has 0 radical (unpaired) electrons. The molecule has 9 nitrogen and oxygen atoms in total. The number of carbonyl (C=O) groups excluding carboxylic acids is 2. The SMILES string of the molecule is COc1ccc(CNC(=O)N2CC(n3cc(C(=O)N(C)C)nn3)C2)cc1. The number of nitrogens with zero attached hydrogens (tertiary/aromatic N) is 5. The van der Waals surface area contributed by atoms with E-state index in [2.05, 4.69) is 15.6 Å². The van der Waals surface area contributed by atoms with Crippen molar-refractivity contribution in [1.29, 1.82) is 0 Å². The molecule has 1 aromatic carbocycles. The van der Waals surface area contributed by atoms with Crippen molar-refractivity contribution in [2.75, 3.05) is 34.3 Å². The first-order valence-corrected chi connectivity index (χ1v) is 8.27. The van der Waals surface area contributed by atoms with Crippen LogP contribution < -0.4 is 10.1 Å². The van der Waals surface area contributed by atoms with Gasteiger partial charge < -0.3 is 19.9 Å². The number of amides is 3. The van der Waals surface area contributed by atoms with E-state index in [1.807, 2.05) is 24.3 Å². The Bertz CT molecular complexity index is 780. The molecule has 2 heterocycles. The van der Waals surface area contributed by atoms with Crippen LogP contribution in [0.15, 0.2) is 30.5 Å². The van der Waals surface area contributed by atoms with Crippen molar-refractivity contribution >= 4 is 11.9 Å². The molecule has 138 valence electrons. The number of hydrogen-bond acceptors (Lipinski definition) is 5. The van der Waals surface area contributed by atoms with Crippen molar-refractivity contribution in [3.8, 4) is 5.75 Å². The Morgan fingerprint density at radius 3 is 2.58 bits per heavy atom. The van der Waals surface area contributed by atoms with E-state index in [-0.39, 0.29) is 18.0 Å². The number of likely N-dealkylation sites (tertiary alicyclic amines) is 1. The highest BCUT2D eigenvalue weighted by atomic mass is 16.5. The van der Waals surface area contributed by atoms with Gasteiger partial charge >= 0.3 is 6.03 Å². The van der Waals surface area contributed by atoms with Gasteiger partial charge in [-0.2, -0.15) is 0 Å². The molecule has 1 saturated heterocycles. The molecular weight excluding hydrogens is 336 g/mol. The zero-order valence-electron chi connectivity index (χ0n) is 15.0. The van der Waals surface area contributed by atoms with Gasteiger partial charge in [0.05, 0.1) is 19.3 Å². The molecule has 1 aromatic heterocycles. The molecule has 3 rings (SSSR count). The van der Waals surface area contributed by atoms with E-state index in [0.29, 0.717) is 25.3 Å². The van der Waals surface area contributed by atoms with Gasteiger partial charge in [-0.3, -0.25) is 4.79 Å². The predicted octanol–water partition coefficient (Wildman–Crippen LogP) is 0.755. The van der Waals surface area contributed by atoms with Crippen molar-refractivity contribution in [3.05, 3.63) is 41.7 Å². The largest absolute Gasteiger partial charge is 0.497 e. The Morgan fingerprint density at radius 2 is 1.96 bits per heavy atom. The third-order valence-corrected chi connectivity index (χ3v) is 4.26. The molecule has 1 aliphatic rings. The Balaban J connectivity index is 1.47. The molecule has 0 saturated carbocycles. The van der Waals surface area contributed by atoms with Gasteiger partial charge in [0.15, 0.2) is 5.69 Å². The number of urea groups is 1. The molecule has 0 bridgehead atoms. The fraction of sp³-hybridized carbons (Fsp3) is 0.412. The molecular formula is C17H22N6O3. The molecule has 9 heteroatoms. The van der Waals surface area contributed by atoms with E-state index in [4.69, 9.17) is 4.74 Å². The summed E-state index contributed by atoms with van der Waals surface area (Å²) in [5, 5.41) is 10.8. The fourth-order valence-electron chi connectivity index (χ4n) is 2.60. The lowest BCUT2D eigenvalue weighted by Crippen LogP contribution is -2.54. The first-order valence-electron chi connectivity index (χ1n) is 8.27. The van der Waals surface area contributed by atoms with Crippen molar-refractivity contribution in [2.45, 2.75) is 12.6 Å². The topological polar surface area (TPSA) is 92.6 Å². The highest BCUT2D eigenvalue weighted by Gasteiger charge is 2.33. The summed E-state index contributed by atoms with van der Waals surface area (Å²) in [6.07, 6.45) is 1.62. The summed E-state index contributed by atoms with van der Waals surface area (Å²) in [6, 6.07) is 7.46. The minimum atomic E-state index is -0.190. The van der Waals surface area contributed by atoms with E-state index in [1.165, 1.54) is 4.90 Å². The number of hydrogen-bond donors (Lipinski definition) is 1. The summed E-state index contributed by atoms with van der Waals surface area (Å²) < 4.78 is 6.75. The Morgan fingerprint density at radius 1 is 1.27 bits per heavy atom. The van der Waals surface area contributed by atoms with Gasteiger partial charge in [-0.15, -0.1) is 5.10 Å². The smallest absolute Gasteiger partial charge is 0.317 e. The minimum Gasteiger partial charge on any atom is -0.497 e. The molecule has 1 fully saturated rings. The summed E-state index contributed by atoms with van der Waals surface area (Å²) in [7, 11) is 4.95. The molecule has 2 aromatic rings. The molecule has 1 aliphatic heterocycles. The average Bonchev–Trinajstić information content (AvgIpc) is 3.07. The van der Waals surface area contributed by atoms with Gasteiger partial charge in [0.1, 0.15) is 5.75 Å². The van der Waals surface area contributed by atoms with Gasteiger partial charge in [0.25, 0.3) is 5.91 Å². The van der Waals surface area contributed by atoms with Crippen LogP contribution in [0.4, 0.5) is 4.79 Å². The van der Waals surface area contributed by atoms with E-state index < -0.39 is 0 Å². The maximum atomic E-state index is 12.2. The van der Waals surface area contributed by atoms with Gasteiger partial charge in [-0.25, -0.2) is 9.48 Å². The standard InChI is InChI=1S/C17H22N6O3/c1-21(2)16(24)15-11-23(20-19-15)13-9-22(10-13)17(25)18-8-12-4-6-14(26-3)7-5-12/h4-7,11,13H,8-10H2,1-3H3,(H,18,25).